The molecular formula is C58H43N5. The molecule has 0 saturated carbocycles. The van der Waals surface area contributed by atoms with Crippen molar-refractivity contribution in [3.8, 4) is 51.0 Å². The van der Waals surface area contributed by atoms with Gasteiger partial charge in [-0.1, -0.05) is 196 Å². The van der Waals surface area contributed by atoms with Gasteiger partial charge in [0.05, 0.1) is 11.6 Å². The molecule has 0 spiro atoms. The Bertz CT molecular complexity index is 3350. The summed E-state index contributed by atoms with van der Waals surface area (Å²) in [5, 5.41) is 3.61. The van der Waals surface area contributed by atoms with Gasteiger partial charge in [-0.05, 0) is 62.9 Å². The Morgan fingerprint density at radius 3 is 1.87 bits per heavy atom. The first-order valence-electron chi connectivity index (χ1n) is 21.8. The number of hydrogen-bond donors (Lipinski definition) is 0. The zero-order valence-corrected chi connectivity index (χ0v) is 35.2. The molecule has 0 saturated heterocycles. The molecule has 0 fully saturated rings. The van der Waals surface area contributed by atoms with Crippen LogP contribution in [0, 0.1) is 0 Å². The minimum Gasteiger partial charge on any atom is -0.334 e. The van der Waals surface area contributed by atoms with Crippen LogP contribution in [0.1, 0.15) is 36.2 Å². The van der Waals surface area contributed by atoms with E-state index in [1.165, 1.54) is 55.1 Å². The van der Waals surface area contributed by atoms with Crippen molar-refractivity contribution in [2.75, 3.05) is 4.90 Å². The van der Waals surface area contributed by atoms with E-state index in [4.69, 9.17) is 15.0 Å². The minimum absolute atomic E-state index is 0.0642. The van der Waals surface area contributed by atoms with Gasteiger partial charge in [-0.3, -0.25) is 4.57 Å². The van der Waals surface area contributed by atoms with Crippen LogP contribution in [0.2, 0.25) is 0 Å². The monoisotopic (exact) mass is 809 g/mol. The molecule has 1 atom stereocenters. The summed E-state index contributed by atoms with van der Waals surface area (Å²) in [7, 11) is 0. The normalized spacial score (nSPS) is 14.7. The second-order valence-electron chi connectivity index (χ2n) is 17.2. The van der Waals surface area contributed by atoms with E-state index in [1.54, 1.807) is 0 Å². The smallest absolute Gasteiger partial charge is 0.238 e. The van der Waals surface area contributed by atoms with Gasteiger partial charge in [-0.2, -0.15) is 9.97 Å². The van der Waals surface area contributed by atoms with Crippen molar-refractivity contribution in [3.63, 3.8) is 0 Å². The highest BCUT2D eigenvalue weighted by molar-refractivity contribution is 6.12. The van der Waals surface area contributed by atoms with Gasteiger partial charge in [0.25, 0.3) is 0 Å². The summed E-state index contributed by atoms with van der Waals surface area (Å²) in [5.74, 6) is 1.88. The van der Waals surface area contributed by atoms with E-state index < -0.39 is 0 Å². The zero-order valence-electron chi connectivity index (χ0n) is 35.2. The van der Waals surface area contributed by atoms with Crippen LogP contribution in [0.25, 0.3) is 78.7 Å². The van der Waals surface area contributed by atoms with Gasteiger partial charge in [0.1, 0.15) is 0 Å². The largest absolute Gasteiger partial charge is 0.334 e. The molecule has 0 bridgehead atoms. The van der Waals surface area contributed by atoms with Crippen LogP contribution in [-0.4, -0.2) is 25.6 Å². The summed E-state index contributed by atoms with van der Waals surface area (Å²) < 4.78 is 2.32. The van der Waals surface area contributed by atoms with Crippen molar-refractivity contribution in [1.29, 1.82) is 0 Å². The first kappa shape index (κ1) is 36.9. The molecule has 2 aliphatic rings. The summed E-state index contributed by atoms with van der Waals surface area (Å²) in [5.41, 5.74) is 15.2. The van der Waals surface area contributed by atoms with Gasteiger partial charge in [0.2, 0.25) is 5.95 Å². The van der Waals surface area contributed by atoms with Crippen molar-refractivity contribution < 1.29 is 0 Å². The molecule has 63 heavy (non-hydrogen) atoms. The van der Waals surface area contributed by atoms with E-state index in [-0.39, 0.29) is 11.5 Å². The maximum atomic E-state index is 5.33. The highest BCUT2D eigenvalue weighted by Crippen LogP contribution is 2.51. The molecule has 0 amide bonds. The van der Waals surface area contributed by atoms with Crippen molar-refractivity contribution in [1.82, 2.24) is 19.5 Å². The van der Waals surface area contributed by atoms with Crippen LogP contribution in [0.5, 0.6) is 0 Å². The number of hydrogen-bond acceptors (Lipinski definition) is 4. The fourth-order valence-electron chi connectivity index (χ4n) is 10.2. The van der Waals surface area contributed by atoms with Crippen molar-refractivity contribution in [2.24, 2.45) is 0 Å². The van der Waals surface area contributed by atoms with E-state index in [9.17, 15) is 0 Å². The lowest BCUT2D eigenvalue weighted by Gasteiger charge is -2.36. The molecule has 2 aliphatic carbocycles. The Hall–Kier alpha value is -7.89. The molecule has 2 heterocycles. The lowest BCUT2D eigenvalue weighted by Crippen LogP contribution is -2.34. The maximum absolute atomic E-state index is 5.33. The van der Waals surface area contributed by atoms with E-state index in [1.807, 2.05) is 36.4 Å². The van der Waals surface area contributed by atoms with Gasteiger partial charge in [-0.25, -0.2) is 4.98 Å². The molecule has 5 nitrogen and oxygen atoms in total. The van der Waals surface area contributed by atoms with Crippen LogP contribution in [0.3, 0.4) is 0 Å². The molecule has 2 aromatic heterocycles. The number of nitrogens with zero attached hydrogens (tertiary/aromatic N) is 5. The lowest BCUT2D eigenvalue weighted by atomic mass is 9.82. The fourth-order valence-corrected chi connectivity index (χ4v) is 10.2. The molecule has 5 heteroatoms. The van der Waals surface area contributed by atoms with Gasteiger partial charge in [-0.15, -0.1) is 0 Å². The Morgan fingerprint density at radius 2 is 1.14 bits per heavy atom. The summed E-state index contributed by atoms with van der Waals surface area (Å²) in [6.07, 6.45) is 5.48. The molecule has 8 aromatic carbocycles. The number of rotatable bonds is 7. The van der Waals surface area contributed by atoms with Crippen LogP contribution in [0.15, 0.2) is 200 Å². The van der Waals surface area contributed by atoms with Crippen LogP contribution in [-0.2, 0) is 11.8 Å². The molecule has 12 rings (SSSR count). The third kappa shape index (κ3) is 6.03. The quantitative estimate of drug-likeness (QED) is 0.161. The molecule has 300 valence electrons. The standard InChI is InChI=1S/C58H43N5/c1-58(2)49-28-16-14-27-46(49)47-33-31-42(36-50(47)58)62(51-29-17-15-25-44(51)38-18-6-3-7-19-38)43-32-34-48-53(37-43)63(52-35-30-39-20-12-13-26-45(39)54(48)52)57-60-55(40-21-8-4-9-22-40)59-56(61-57)41-23-10-5-11-24-41/h3-36,43H,37H2,1-2H3. The Kier molecular flexibility index (Phi) is 8.58. The molecule has 0 N–H and O–H groups in total. The van der Waals surface area contributed by atoms with Crippen molar-refractivity contribution in [2.45, 2.75) is 31.7 Å². The third-order valence-corrected chi connectivity index (χ3v) is 13.2. The first-order chi connectivity index (χ1) is 31.0. The van der Waals surface area contributed by atoms with Crippen molar-refractivity contribution >= 4 is 39.1 Å². The zero-order chi connectivity index (χ0) is 42.1. The minimum atomic E-state index is -0.152. The fraction of sp³-hybridized carbons (Fsp3) is 0.0862. The summed E-state index contributed by atoms with van der Waals surface area (Å²) >= 11 is 0. The van der Waals surface area contributed by atoms with Gasteiger partial charge in [0, 0.05) is 56.5 Å². The SMILES string of the molecule is CC1(C)c2ccccc2-c2ccc(N(c3ccccc3-c3ccccc3)C3C=Cc4c(n(-c5nc(-c6ccccc6)nc(-c6ccccc6)n5)c5ccc6ccccc6c45)C3)cc21. The second kappa shape index (κ2) is 14.6. The Balaban J connectivity index is 1.09. The van der Waals surface area contributed by atoms with Gasteiger partial charge < -0.3 is 4.90 Å². The molecule has 0 aliphatic heterocycles. The van der Waals surface area contributed by atoms with E-state index in [0.717, 1.165) is 33.7 Å². The number of fused-ring (bicyclic) bond motifs is 8. The predicted molar refractivity (Wildman–Crippen MR) is 260 cm³/mol. The summed E-state index contributed by atoms with van der Waals surface area (Å²) in [6.45, 7) is 4.72. The summed E-state index contributed by atoms with van der Waals surface area (Å²) in [6, 6.07) is 69.3. The van der Waals surface area contributed by atoms with Gasteiger partial charge in [0.15, 0.2) is 11.6 Å². The lowest BCUT2D eigenvalue weighted by molar-refractivity contribution is 0.659. The van der Waals surface area contributed by atoms with Crippen LogP contribution in [0.4, 0.5) is 11.4 Å². The average Bonchev–Trinajstić information content (AvgIpc) is 3.80. The predicted octanol–water partition coefficient (Wildman–Crippen LogP) is 14.1. The molecule has 0 radical (unpaired) electrons. The summed E-state index contributed by atoms with van der Waals surface area (Å²) in [4.78, 5) is 18.3. The van der Waals surface area contributed by atoms with Crippen LogP contribution >= 0.6 is 0 Å². The second-order valence-corrected chi connectivity index (χ2v) is 17.2. The van der Waals surface area contributed by atoms with E-state index in [2.05, 4.69) is 193 Å². The molecular weight excluding hydrogens is 767 g/mol. The van der Waals surface area contributed by atoms with Crippen LogP contribution < -0.4 is 4.90 Å². The average molecular weight is 810 g/mol. The number of benzene rings is 8. The topological polar surface area (TPSA) is 46.8 Å². The highest BCUT2D eigenvalue weighted by atomic mass is 15.2. The third-order valence-electron chi connectivity index (χ3n) is 13.2. The molecule has 10 aromatic rings. The first-order valence-corrected chi connectivity index (χ1v) is 21.8. The Morgan fingerprint density at radius 1 is 0.540 bits per heavy atom. The Labute approximate surface area is 367 Å². The molecule has 1 unspecified atom stereocenters. The van der Waals surface area contributed by atoms with Gasteiger partial charge >= 0.3 is 0 Å². The number of aromatic nitrogens is 4. The van der Waals surface area contributed by atoms with E-state index in [0.29, 0.717) is 24.0 Å². The van der Waals surface area contributed by atoms with Crippen molar-refractivity contribution in [3.05, 3.63) is 223 Å². The highest BCUT2D eigenvalue weighted by Gasteiger charge is 2.37. The van der Waals surface area contributed by atoms with E-state index >= 15 is 0 Å². The number of para-hydroxylation sites is 1. The maximum Gasteiger partial charge on any atom is 0.238 e. The number of anilines is 2.